The third-order valence-electron chi connectivity index (χ3n) is 2.11. The van der Waals surface area contributed by atoms with Gasteiger partial charge in [0.2, 0.25) is 0 Å². The van der Waals surface area contributed by atoms with E-state index in [1.54, 1.807) is 0 Å². The lowest BCUT2D eigenvalue weighted by molar-refractivity contribution is 0.219. The number of hydrogen-bond donors (Lipinski definition) is 1. The molecule has 0 saturated heterocycles. The molecular formula is C7H16IN. The Balaban J connectivity index is 4.14. The van der Waals surface area contributed by atoms with Crippen molar-refractivity contribution in [1.29, 1.82) is 0 Å². The van der Waals surface area contributed by atoms with Gasteiger partial charge in [-0.15, -0.1) is 0 Å². The topological polar surface area (TPSA) is 12.0 Å². The lowest BCUT2D eigenvalue weighted by atomic mass is 9.77. The Morgan fingerprint density at radius 3 is 1.33 bits per heavy atom. The summed E-state index contributed by atoms with van der Waals surface area (Å²) < 4.78 is 3.25. The van der Waals surface area contributed by atoms with Crippen molar-refractivity contribution in [2.75, 3.05) is 0 Å². The molecule has 0 amide bonds. The molecule has 0 aliphatic carbocycles. The first-order valence-corrected chi connectivity index (χ1v) is 4.27. The normalized spacial score (nSPS) is 14.0. The predicted molar refractivity (Wildman–Crippen MR) is 50.7 cm³/mol. The minimum atomic E-state index is 0.216. The Morgan fingerprint density at radius 2 is 1.33 bits per heavy atom. The van der Waals surface area contributed by atoms with E-state index in [1.165, 1.54) is 0 Å². The van der Waals surface area contributed by atoms with Crippen molar-refractivity contribution in [2.24, 2.45) is 5.41 Å². The van der Waals surface area contributed by atoms with Crippen LogP contribution in [0.15, 0.2) is 0 Å². The molecule has 0 unspecified atom stereocenters. The highest BCUT2D eigenvalue weighted by atomic mass is 127. The molecule has 0 radical (unpaired) electrons. The van der Waals surface area contributed by atoms with Gasteiger partial charge in [0.05, 0.1) is 0 Å². The van der Waals surface area contributed by atoms with Crippen LogP contribution in [0.3, 0.4) is 0 Å². The maximum atomic E-state index is 3.25. The van der Waals surface area contributed by atoms with Crippen LogP contribution in [-0.4, -0.2) is 5.54 Å². The largest absolute Gasteiger partial charge is 0.255 e. The Kier molecular flexibility index (Phi) is 2.95. The minimum Gasteiger partial charge on any atom is -0.255 e. The maximum Gasteiger partial charge on any atom is 0.0266 e. The highest BCUT2D eigenvalue weighted by Crippen LogP contribution is 2.29. The van der Waals surface area contributed by atoms with Crippen LogP contribution >= 0.6 is 22.9 Å². The summed E-state index contributed by atoms with van der Waals surface area (Å²) in [6.45, 7) is 11.1. The number of hydrogen-bond acceptors (Lipinski definition) is 1. The molecule has 0 aromatic heterocycles. The Labute approximate surface area is 72.1 Å². The van der Waals surface area contributed by atoms with Crippen LogP contribution in [0.25, 0.3) is 0 Å². The lowest BCUT2D eigenvalue weighted by Gasteiger charge is -2.37. The van der Waals surface area contributed by atoms with Gasteiger partial charge in [-0.2, -0.15) is 0 Å². The van der Waals surface area contributed by atoms with Crippen LogP contribution in [0.4, 0.5) is 0 Å². The first kappa shape index (κ1) is 9.69. The molecule has 0 spiro atoms. The summed E-state index contributed by atoms with van der Waals surface area (Å²) in [6.07, 6.45) is 0. The zero-order chi connectivity index (χ0) is 7.71. The Hall–Kier alpha value is 0.690. The van der Waals surface area contributed by atoms with Crippen molar-refractivity contribution in [3.8, 4) is 0 Å². The zero-order valence-electron chi connectivity index (χ0n) is 6.88. The molecule has 0 bridgehead atoms. The van der Waals surface area contributed by atoms with E-state index in [0.29, 0.717) is 5.41 Å². The van der Waals surface area contributed by atoms with E-state index in [0.717, 1.165) is 0 Å². The number of halogens is 1. The molecule has 0 rings (SSSR count). The van der Waals surface area contributed by atoms with Gasteiger partial charge >= 0.3 is 0 Å². The van der Waals surface area contributed by atoms with Crippen molar-refractivity contribution >= 4 is 22.9 Å². The van der Waals surface area contributed by atoms with Gasteiger partial charge in [0.25, 0.3) is 0 Å². The molecule has 0 aromatic carbocycles. The standard InChI is InChI=1S/C7H16IN/c1-6(2,3)7(4,5)9-8/h9H,1-5H3. The van der Waals surface area contributed by atoms with Crippen molar-refractivity contribution in [3.05, 3.63) is 0 Å². The Morgan fingerprint density at radius 1 is 1.00 bits per heavy atom. The summed E-state index contributed by atoms with van der Waals surface area (Å²) in [7, 11) is 0. The van der Waals surface area contributed by atoms with Crippen LogP contribution in [0.5, 0.6) is 0 Å². The molecule has 9 heavy (non-hydrogen) atoms. The molecule has 0 aliphatic rings. The molecular weight excluding hydrogens is 225 g/mol. The van der Waals surface area contributed by atoms with Gasteiger partial charge in [0.1, 0.15) is 0 Å². The summed E-state index contributed by atoms with van der Waals surface area (Å²) >= 11 is 2.21. The van der Waals surface area contributed by atoms with Crippen molar-refractivity contribution in [1.82, 2.24) is 3.53 Å². The van der Waals surface area contributed by atoms with E-state index in [-0.39, 0.29) is 5.54 Å². The third-order valence-corrected chi connectivity index (χ3v) is 3.46. The summed E-state index contributed by atoms with van der Waals surface area (Å²) in [4.78, 5) is 0. The molecule has 56 valence electrons. The molecule has 1 N–H and O–H groups in total. The summed E-state index contributed by atoms with van der Waals surface area (Å²) in [6, 6.07) is 0. The highest BCUT2D eigenvalue weighted by molar-refractivity contribution is 14.1. The second-order valence-corrected chi connectivity index (χ2v) is 4.51. The average Bonchev–Trinajstić information content (AvgIpc) is 1.64. The molecule has 0 aromatic rings. The van der Waals surface area contributed by atoms with Gasteiger partial charge in [0, 0.05) is 28.4 Å². The van der Waals surface area contributed by atoms with Crippen LogP contribution in [0.1, 0.15) is 34.6 Å². The molecule has 0 saturated carbocycles. The Bertz CT molecular complexity index is 91.6. The van der Waals surface area contributed by atoms with E-state index in [1.807, 2.05) is 0 Å². The lowest BCUT2D eigenvalue weighted by Crippen LogP contribution is -2.45. The summed E-state index contributed by atoms with van der Waals surface area (Å²) in [5.74, 6) is 0. The quantitative estimate of drug-likeness (QED) is 0.549. The summed E-state index contributed by atoms with van der Waals surface area (Å²) in [5.41, 5.74) is 0.543. The van der Waals surface area contributed by atoms with Crippen molar-refractivity contribution in [2.45, 2.75) is 40.2 Å². The van der Waals surface area contributed by atoms with Crippen LogP contribution in [0.2, 0.25) is 0 Å². The summed E-state index contributed by atoms with van der Waals surface area (Å²) in [5, 5.41) is 0. The molecule has 0 fully saturated rings. The molecule has 0 heterocycles. The van der Waals surface area contributed by atoms with Crippen LogP contribution < -0.4 is 3.53 Å². The SMILES string of the molecule is CC(C)(C)C(C)(C)NI. The predicted octanol–water partition coefficient (Wildman–Crippen LogP) is 2.75. The molecule has 0 aliphatic heterocycles. The van der Waals surface area contributed by atoms with E-state index in [9.17, 15) is 0 Å². The van der Waals surface area contributed by atoms with Crippen LogP contribution in [-0.2, 0) is 0 Å². The van der Waals surface area contributed by atoms with E-state index in [2.05, 4.69) is 61.0 Å². The van der Waals surface area contributed by atoms with Crippen molar-refractivity contribution in [3.63, 3.8) is 0 Å². The van der Waals surface area contributed by atoms with Gasteiger partial charge in [-0.05, 0) is 19.3 Å². The highest BCUT2D eigenvalue weighted by Gasteiger charge is 2.31. The first-order valence-electron chi connectivity index (χ1n) is 3.19. The van der Waals surface area contributed by atoms with E-state index in [4.69, 9.17) is 0 Å². The number of nitrogens with one attached hydrogen (secondary N) is 1. The minimum absolute atomic E-state index is 0.216. The first-order chi connectivity index (χ1) is 3.81. The number of rotatable bonds is 1. The van der Waals surface area contributed by atoms with Crippen molar-refractivity contribution < 1.29 is 0 Å². The average molecular weight is 241 g/mol. The molecule has 1 nitrogen and oxygen atoms in total. The smallest absolute Gasteiger partial charge is 0.0266 e. The molecule has 2 heteroatoms. The second-order valence-electron chi connectivity index (χ2n) is 3.97. The third kappa shape index (κ3) is 2.42. The van der Waals surface area contributed by atoms with Crippen LogP contribution in [0, 0.1) is 5.41 Å². The molecule has 0 atom stereocenters. The fraction of sp³-hybridized carbons (Fsp3) is 1.00. The van der Waals surface area contributed by atoms with Gasteiger partial charge in [-0.25, -0.2) is 0 Å². The van der Waals surface area contributed by atoms with Gasteiger partial charge in [-0.1, -0.05) is 20.8 Å². The van der Waals surface area contributed by atoms with Gasteiger partial charge in [0.15, 0.2) is 0 Å². The van der Waals surface area contributed by atoms with E-state index >= 15 is 0 Å². The fourth-order valence-corrected chi connectivity index (χ4v) is 0.951. The second kappa shape index (κ2) is 2.74. The maximum absolute atomic E-state index is 3.25. The van der Waals surface area contributed by atoms with Gasteiger partial charge < -0.3 is 0 Å². The zero-order valence-corrected chi connectivity index (χ0v) is 9.04. The van der Waals surface area contributed by atoms with Gasteiger partial charge in [-0.3, -0.25) is 3.53 Å². The van der Waals surface area contributed by atoms with E-state index < -0.39 is 0 Å². The monoisotopic (exact) mass is 241 g/mol. The fourth-order valence-electron chi connectivity index (χ4n) is 0.142.